The summed E-state index contributed by atoms with van der Waals surface area (Å²) in [6.45, 7) is 8.05. The number of aromatic nitrogens is 1. The van der Waals surface area contributed by atoms with Gasteiger partial charge in [-0.1, -0.05) is 41.9 Å². The lowest BCUT2D eigenvalue weighted by Gasteiger charge is -2.12. The molecule has 2 rings (SSSR count). The van der Waals surface area contributed by atoms with Crippen molar-refractivity contribution in [1.82, 2.24) is 5.16 Å². The van der Waals surface area contributed by atoms with E-state index in [0.717, 1.165) is 15.7 Å². The van der Waals surface area contributed by atoms with Gasteiger partial charge in [-0.15, -0.1) is 0 Å². The van der Waals surface area contributed by atoms with Crippen LogP contribution in [0.2, 0.25) is 0 Å². The molecule has 0 radical (unpaired) electrons. The number of hydrogen-bond acceptors (Lipinski definition) is 3. The van der Waals surface area contributed by atoms with Gasteiger partial charge in [0.05, 0.1) is 5.69 Å². The fraction of sp³-hybridized carbons (Fsp3) is 0.333. The molecule has 0 atom stereocenters. The molecule has 0 unspecified atom stereocenters. The van der Waals surface area contributed by atoms with E-state index in [1.165, 1.54) is 0 Å². The van der Waals surface area contributed by atoms with Gasteiger partial charge in [0.1, 0.15) is 0 Å². The van der Waals surface area contributed by atoms with Crippen molar-refractivity contribution in [2.45, 2.75) is 33.1 Å². The minimum absolute atomic E-state index is 0.112. The van der Waals surface area contributed by atoms with E-state index in [1.54, 1.807) is 12.1 Å². The summed E-state index contributed by atoms with van der Waals surface area (Å²) in [5.41, 5.74) is 2.28. The zero-order valence-corrected chi connectivity index (χ0v) is 13.5. The molecule has 2 aromatic rings. The Bertz CT molecular complexity index is 621. The summed E-state index contributed by atoms with van der Waals surface area (Å²) in [5, 5.41) is 6.69. The van der Waals surface area contributed by atoms with Crippen molar-refractivity contribution in [3.8, 4) is 0 Å². The van der Waals surface area contributed by atoms with Crippen molar-refractivity contribution < 1.29 is 9.32 Å². The van der Waals surface area contributed by atoms with Crippen LogP contribution >= 0.6 is 15.9 Å². The topological polar surface area (TPSA) is 55.1 Å². The summed E-state index contributed by atoms with van der Waals surface area (Å²) in [7, 11) is 0. The Morgan fingerprint density at radius 2 is 1.95 bits per heavy atom. The summed E-state index contributed by atoms with van der Waals surface area (Å²) in [5.74, 6) is 0.142. The average molecular weight is 337 g/mol. The number of aryl methyl sites for hydroxylation is 1. The standard InChI is InChI=1S/C15H17BrN2O2/c1-9-5-10(7-11(16)6-9)14(19)17-13-8-12(18-20-13)15(2,3)4/h5-8H,1-4H3,(H,17,19). The number of halogens is 1. The maximum Gasteiger partial charge on any atom is 0.258 e. The van der Waals surface area contributed by atoms with E-state index < -0.39 is 0 Å². The highest BCUT2D eigenvalue weighted by Crippen LogP contribution is 2.24. The zero-order valence-electron chi connectivity index (χ0n) is 12.0. The molecule has 4 nitrogen and oxygen atoms in total. The third-order valence-corrected chi connectivity index (χ3v) is 3.28. The van der Waals surface area contributed by atoms with Gasteiger partial charge < -0.3 is 4.52 Å². The van der Waals surface area contributed by atoms with Crippen molar-refractivity contribution >= 4 is 27.7 Å². The third-order valence-electron chi connectivity index (χ3n) is 2.82. The Labute approximate surface area is 126 Å². The molecule has 0 fully saturated rings. The van der Waals surface area contributed by atoms with Gasteiger partial charge in [-0.05, 0) is 30.7 Å². The third kappa shape index (κ3) is 3.48. The van der Waals surface area contributed by atoms with E-state index in [4.69, 9.17) is 4.52 Å². The number of rotatable bonds is 2. The molecule has 0 aliphatic heterocycles. The zero-order chi connectivity index (χ0) is 14.9. The molecule has 20 heavy (non-hydrogen) atoms. The number of anilines is 1. The predicted molar refractivity (Wildman–Crippen MR) is 82.0 cm³/mol. The van der Waals surface area contributed by atoms with Crippen LogP contribution < -0.4 is 5.32 Å². The largest absolute Gasteiger partial charge is 0.338 e. The van der Waals surface area contributed by atoms with Crippen molar-refractivity contribution in [1.29, 1.82) is 0 Å². The van der Waals surface area contributed by atoms with E-state index in [9.17, 15) is 4.79 Å². The Morgan fingerprint density at radius 3 is 2.50 bits per heavy atom. The summed E-state index contributed by atoms with van der Waals surface area (Å²) < 4.78 is 6.02. The molecular formula is C15H17BrN2O2. The van der Waals surface area contributed by atoms with Crippen LogP contribution in [-0.4, -0.2) is 11.1 Å². The summed E-state index contributed by atoms with van der Waals surface area (Å²) in [6.07, 6.45) is 0. The lowest BCUT2D eigenvalue weighted by Crippen LogP contribution is -2.12. The van der Waals surface area contributed by atoms with Gasteiger partial charge in [-0.25, -0.2) is 0 Å². The first kappa shape index (κ1) is 14.8. The van der Waals surface area contributed by atoms with Gasteiger partial charge in [-0.3, -0.25) is 10.1 Å². The number of amides is 1. The van der Waals surface area contributed by atoms with E-state index >= 15 is 0 Å². The van der Waals surface area contributed by atoms with Gasteiger partial charge >= 0.3 is 0 Å². The number of hydrogen-bond donors (Lipinski definition) is 1. The molecule has 1 N–H and O–H groups in total. The van der Waals surface area contributed by atoms with Gasteiger partial charge in [-0.2, -0.15) is 0 Å². The number of carbonyl (C=O) groups is 1. The fourth-order valence-electron chi connectivity index (χ4n) is 1.74. The van der Waals surface area contributed by atoms with Crippen molar-refractivity contribution in [3.05, 3.63) is 45.6 Å². The molecular weight excluding hydrogens is 320 g/mol. The van der Waals surface area contributed by atoms with E-state index in [-0.39, 0.29) is 11.3 Å². The minimum Gasteiger partial charge on any atom is -0.338 e. The molecule has 106 valence electrons. The molecule has 0 spiro atoms. The molecule has 1 aromatic carbocycles. The molecule has 0 saturated carbocycles. The molecule has 0 aliphatic carbocycles. The highest BCUT2D eigenvalue weighted by molar-refractivity contribution is 9.10. The molecule has 1 amide bonds. The summed E-state index contributed by atoms with van der Waals surface area (Å²) in [4.78, 5) is 12.2. The summed E-state index contributed by atoms with van der Waals surface area (Å²) in [6, 6.07) is 7.29. The molecule has 0 saturated heterocycles. The first-order valence-electron chi connectivity index (χ1n) is 6.31. The van der Waals surface area contributed by atoms with Crippen molar-refractivity contribution in [2.75, 3.05) is 5.32 Å². The second-order valence-electron chi connectivity index (χ2n) is 5.80. The van der Waals surface area contributed by atoms with Crippen LogP contribution in [0.3, 0.4) is 0 Å². The first-order chi connectivity index (χ1) is 9.25. The van der Waals surface area contributed by atoms with Crippen LogP contribution in [-0.2, 0) is 5.41 Å². The minimum atomic E-state index is -0.217. The summed E-state index contributed by atoms with van der Waals surface area (Å²) >= 11 is 3.38. The Morgan fingerprint density at radius 1 is 1.25 bits per heavy atom. The van der Waals surface area contributed by atoms with Crippen LogP contribution in [0.1, 0.15) is 42.4 Å². The van der Waals surface area contributed by atoms with E-state index in [2.05, 4.69) is 26.4 Å². The smallest absolute Gasteiger partial charge is 0.258 e. The number of nitrogens with zero attached hydrogens (tertiary/aromatic N) is 1. The fourth-order valence-corrected chi connectivity index (χ4v) is 2.35. The Balaban J connectivity index is 2.17. The lowest BCUT2D eigenvalue weighted by atomic mass is 9.92. The second-order valence-corrected chi connectivity index (χ2v) is 6.71. The second kappa shape index (κ2) is 5.40. The predicted octanol–water partition coefficient (Wildman–Crippen LogP) is 4.30. The van der Waals surface area contributed by atoms with Gasteiger partial charge in [0.15, 0.2) is 0 Å². The molecule has 0 bridgehead atoms. The van der Waals surface area contributed by atoms with Gasteiger partial charge in [0.2, 0.25) is 5.88 Å². The van der Waals surface area contributed by atoms with Crippen LogP contribution in [0.4, 0.5) is 5.88 Å². The van der Waals surface area contributed by atoms with Crippen LogP contribution in [0.25, 0.3) is 0 Å². The normalized spacial score (nSPS) is 11.4. The molecule has 1 heterocycles. The average Bonchev–Trinajstić information content (AvgIpc) is 2.75. The van der Waals surface area contributed by atoms with Gasteiger partial charge in [0.25, 0.3) is 5.91 Å². The molecule has 1 aromatic heterocycles. The van der Waals surface area contributed by atoms with Crippen molar-refractivity contribution in [2.24, 2.45) is 0 Å². The monoisotopic (exact) mass is 336 g/mol. The molecule has 5 heteroatoms. The van der Waals surface area contributed by atoms with E-state index in [1.807, 2.05) is 39.8 Å². The highest BCUT2D eigenvalue weighted by atomic mass is 79.9. The highest BCUT2D eigenvalue weighted by Gasteiger charge is 2.20. The SMILES string of the molecule is Cc1cc(Br)cc(C(=O)Nc2cc(C(C)(C)C)no2)c1. The van der Waals surface area contributed by atoms with Gasteiger partial charge in [0, 0.05) is 21.5 Å². The number of carbonyl (C=O) groups excluding carboxylic acids is 1. The Kier molecular flexibility index (Phi) is 3.99. The Hall–Kier alpha value is -1.62. The van der Waals surface area contributed by atoms with Crippen LogP contribution in [0, 0.1) is 6.92 Å². The van der Waals surface area contributed by atoms with Crippen LogP contribution in [0.15, 0.2) is 33.3 Å². The maximum atomic E-state index is 12.2. The number of nitrogens with one attached hydrogen (secondary N) is 1. The maximum absolute atomic E-state index is 12.2. The lowest BCUT2D eigenvalue weighted by molar-refractivity contribution is 0.102. The quantitative estimate of drug-likeness (QED) is 0.889. The number of benzene rings is 1. The van der Waals surface area contributed by atoms with Crippen LogP contribution in [0.5, 0.6) is 0 Å². The van der Waals surface area contributed by atoms with Crippen molar-refractivity contribution in [3.63, 3.8) is 0 Å². The molecule has 0 aliphatic rings. The first-order valence-corrected chi connectivity index (χ1v) is 7.11. The van der Waals surface area contributed by atoms with E-state index in [0.29, 0.717) is 11.4 Å².